The molecule has 0 bridgehead atoms. The van der Waals surface area contributed by atoms with Crippen LogP contribution in [0.15, 0.2) is 29.6 Å². The first kappa shape index (κ1) is 13.4. The normalized spacial score (nSPS) is 18.3. The highest BCUT2D eigenvalue weighted by molar-refractivity contribution is 7.10. The topological polar surface area (TPSA) is 12.0 Å². The van der Waals surface area contributed by atoms with Crippen molar-refractivity contribution in [1.29, 1.82) is 0 Å². The predicted octanol–water partition coefficient (Wildman–Crippen LogP) is 5.22. The van der Waals surface area contributed by atoms with Crippen LogP contribution in [0.5, 0.6) is 0 Å². The molecule has 19 heavy (non-hydrogen) atoms. The van der Waals surface area contributed by atoms with Crippen LogP contribution in [0.4, 0.5) is 0 Å². The van der Waals surface area contributed by atoms with E-state index in [9.17, 15) is 0 Å². The van der Waals surface area contributed by atoms with Crippen molar-refractivity contribution < 1.29 is 0 Å². The molecule has 1 heterocycles. The third-order valence-corrected chi connectivity index (χ3v) is 5.20. The Labute approximate surface area is 127 Å². The Bertz CT molecular complexity index is 579. The number of fused-ring (bicyclic) bond motifs is 1. The standard InChI is InChI=1S/C15H15Cl2NS/c16-11-4-5-13(17)10(8-11)9-18-14-2-1-3-15-12(14)6-7-19-15/h4-8,14,18H,1-3,9H2. The van der Waals surface area contributed by atoms with Gasteiger partial charge in [-0.2, -0.15) is 0 Å². The van der Waals surface area contributed by atoms with Crippen LogP contribution < -0.4 is 5.32 Å². The van der Waals surface area contributed by atoms with Gasteiger partial charge in [-0.3, -0.25) is 0 Å². The predicted molar refractivity (Wildman–Crippen MR) is 83.3 cm³/mol. The molecule has 0 aliphatic heterocycles. The van der Waals surface area contributed by atoms with Crippen molar-refractivity contribution in [3.05, 3.63) is 55.7 Å². The highest BCUT2D eigenvalue weighted by Crippen LogP contribution is 2.33. The van der Waals surface area contributed by atoms with Crippen LogP contribution in [0.25, 0.3) is 0 Å². The van der Waals surface area contributed by atoms with Gasteiger partial charge in [0.25, 0.3) is 0 Å². The molecule has 3 rings (SSSR count). The summed E-state index contributed by atoms with van der Waals surface area (Å²) in [7, 11) is 0. The molecule has 1 aliphatic rings. The summed E-state index contributed by atoms with van der Waals surface area (Å²) in [5, 5.41) is 7.32. The van der Waals surface area contributed by atoms with Crippen molar-refractivity contribution in [3.63, 3.8) is 0 Å². The van der Waals surface area contributed by atoms with E-state index in [1.165, 1.54) is 29.7 Å². The molecular weight excluding hydrogens is 297 g/mol. The number of thiophene rings is 1. The molecule has 100 valence electrons. The summed E-state index contributed by atoms with van der Waals surface area (Å²) in [5.74, 6) is 0. The van der Waals surface area contributed by atoms with Crippen molar-refractivity contribution in [2.45, 2.75) is 31.8 Å². The summed E-state index contributed by atoms with van der Waals surface area (Å²) in [6.45, 7) is 0.763. The molecule has 1 aliphatic carbocycles. The minimum Gasteiger partial charge on any atom is -0.306 e. The molecule has 1 aromatic heterocycles. The lowest BCUT2D eigenvalue weighted by Crippen LogP contribution is -2.24. The van der Waals surface area contributed by atoms with Gasteiger partial charge in [0.05, 0.1) is 0 Å². The second-order valence-corrected chi connectivity index (χ2v) is 6.70. The van der Waals surface area contributed by atoms with Crippen LogP contribution >= 0.6 is 34.5 Å². The van der Waals surface area contributed by atoms with Crippen LogP contribution in [-0.4, -0.2) is 0 Å². The van der Waals surface area contributed by atoms with Gasteiger partial charge >= 0.3 is 0 Å². The van der Waals surface area contributed by atoms with E-state index in [0.29, 0.717) is 6.04 Å². The van der Waals surface area contributed by atoms with Gasteiger partial charge in [-0.15, -0.1) is 11.3 Å². The van der Waals surface area contributed by atoms with Gasteiger partial charge in [0.1, 0.15) is 0 Å². The van der Waals surface area contributed by atoms with Crippen LogP contribution in [-0.2, 0) is 13.0 Å². The maximum atomic E-state index is 6.20. The summed E-state index contributed by atoms with van der Waals surface area (Å²) in [5.41, 5.74) is 2.53. The number of rotatable bonds is 3. The molecule has 0 amide bonds. The molecule has 1 N–H and O–H groups in total. The molecule has 0 fully saturated rings. The van der Waals surface area contributed by atoms with Gasteiger partial charge in [-0.25, -0.2) is 0 Å². The van der Waals surface area contributed by atoms with Crippen LogP contribution in [0.2, 0.25) is 10.0 Å². The average Bonchev–Trinajstić information content (AvgIpc) is 2.88. The first-order valence-electron chi connectivity index (χ1n) is 6.47. The maximum absolute atomic E-state index is 6.20. The van der Waals surface area contributed by atoms with Gasteiger partial charge in [0.2, 0.25) is 0 Å². The van der Waals surface area contributed by atoms with Crippen LogP contribution in [0.3, 0.4) is 0 Å². The molecule has 0 radical (unpaired) electrons. The summed E-state index contributed by atoms with van der Waals surface area (Å²) < 4.78 is 0. The fourth-order valence-electron chi connectivity index (χ4n) is 2.61. The monoisotopic (exact) mass is 311 g/mol. The summed E-state index contributed by atoms with van der Waals surface area (Å²) in [4.78, 5) is 1.53. The Morgan fingerprint density at radius 2 is 2.16 bits per heavy atom. The molecule has 0 spiro atoms. The second kappa shape index (κ2) is 5.84. The first-order valence-corrected chi connectivity index (χ1v) is 8.11. The number of benzene rings is 1. The van der Waals surface area contributed by atoms with Crippen molar-refractivity contribution in [2.24, 2.45) is 0 Å². The highest BCUT2D eigenvalue weighted by Gasteiger charge is 2.20. The Hall–Kier alpha value is -0.540. The van der Waals surface area contributed by atoms with E-state index in [2.05, 4.69) is 16.8 Å². The third-order valence-electron chi connectivity index (χ3n) is 3.60. The van der Waals surface area contributed by atoms with E-state index >= 15 is 0 Å². The minimum absolute atomic E-state index is 0.449. The molecule has 1 nitrogen and oxygen atoms in total. The lowest BCUT2D eigenvalue weighted by molar-refractivity contribution is 0.463. The molecule has 1 aromatic carbocycles. The highest BCUT2D eigenvalue weighted by atomic mass is 35.5. The van der Waals surface area contributed by atoms with E-state index in [1.807, 2.05) is 29.5 Å². The number of aryl methyl sites for hydroxylation is 1. The lowest BCUT2D eigenvalue weighted by atomic mass is 9.94. The maximum Gasteiger partial charge on any atom is 0.0451 e. The quantitative estimate of drug-likeness (QED) is 0.819. The largest absolute Gasteiger partial charge is 0.306 e. The van der Waals surface area contributed by atoms with E-state index in [1.54, 1.807) is 0 Å². The Morgan fingerprint density at radius 1 is 1.26 bits per heavy atom. The zero-order chi connectivity index (χ0) is 13.2. The molecule has 1 unspecified atom stereocenters. The van der Waals surface area contributed by atoms with E-state index in [-0.39, 0.29) is 0 Å². The van der Waals surface area contributed by atoms with Crippen molar-refractivity contribution in [2.75, 3.05) is 0 Å². The van der Waals surface area contributed by atoms with E-state index in [0.717, 1.165) is 22.2 Å². The smallest absolute Gasteiger partial charge is 0.0451 e. The fraction of sp³-hybridized carbons (Fsp3) is 0.333. The van der Waals surface area contributed by atoms with Crippen molar-refractivity contribution in [3.8, 4) is 0 Å². The van der Waals surface area contributed by atoms with Crippen molar-refractivity contribution in [1.82, 2.24) is 5.32 Å². The summed E-state index contributed by atoms with van der Waals surface area (Å²) in [6, 6.07) is 8.32. The third kappa shape index (κ3) is 2.97. The number of hydrogen-bond acceptors (Lipinski definition) is 2. The fourth-order valence-corrected chi connectivity index (χ4v) is 3.98. The van der Waals surface area contributed by atoms with Gasteiger partial charge < -0.3 is 5.32 Å². The van der Waals surface area contributed by atoms with Gasteiger partial charge in [-0.05, 0) is 60.0 Å². The Kier molecular flexibility index (Phi) is 4.13. The first-order chi connectivity index (χ1) is 9.24. The number of nitrogens with one attached hydrogen (secondary N) is 1. The van der Waals surface area contributed by atoms with Gasteiger partial charge in [0.15, 0.2) is 0 Å². The molecule has 1 atom stereocenters. The molecule has 0 saturated heterocycles. The SMILES string of the molecule is Clc1ccc(Cl)c(CNC2CCCc3sccc32)c1. The lowest BCUT2D eigenvalue weighted by Gasteiger charge is -2.24. The molecule has 4 heteroatoms. The van der Waals surface area contributed by atoms with Crippen LogP contribution in [0.1, 0.15) is 34.9 Å². The van der Waals surface area contributed by atoms with Crippen molar-refractivity contribution >= 4 is 34.5 Å². The summed E-state index contributed by atoms with van der Waals surface area (Å²) in [6.07, 6.45) is 3.68. The van der Waals surface area contributed by atoms with E-state index < -0.39 is 0 Å². The zero-order valence-corrected chi connectivity index (χ0v) is 12.8. The Balaban J connectivity index is 1.72. The molecule has 2 aromatic rings. The summed E-state index contributed by atoms with van der Waals surface area (Å²) >= 11 is 14.1. The second-order valence-electron chi connectivity index (χ2n) is 4.86. The zero-order valence-electron chi connectivity index (χ0n) is 10.5. The average molecular weight is 312 g/mol. The number of halogens is 2. The minimum atomic E-state index is 0.449. The van der Waals surface area contributed by atoms with E-state index in [4.69, 9.17) is 23.2 Å². The van der Waals surface area contributed by atoms with Gasteiger partial charge in [-0.1, -0.05) is 23.2 Å². The number of hydrogen-bond donors (Lipinski definition) is 1. The Morgan fingerprint density at radius 3 is 3.05 bits per heavy atom. The van der Waals surface area contributed by atoms with Gasteiger partial charge in [0, 0.05) is 27.5 Å². The molecule has 0 saturated carbocycles. The molecular formula is C15H15Cl2NS. The van der Waals surface area contributed by atoms with Crippen LogP contribution in [0, 0.1) is 0 Å².